The van der Waals surface area contributed by atoms with Crippen LogP contribution in [0.3, 0.4) is 0 Å². The Morgan fingerprint density at radius 2 is 0.348 bits per heavy atom. The van der Waals surface area contributed by atoms with Crippen LogP contribution in [0.25, 0.3) is 154 Å². The Hall–Kier alpha value is -14.6. The van der Waals surface area contributed by atoms with Crippen LogP contribution in [-0.4, -0.2) is 49.3 Å². The van der Waals surface area contributed by atoms with E-state index in [4.69, 9.17) is 38.5 Å². The Kier molecular flexibility index (Phi) is 20.1. The number of hydrogen-bond donors (Lipinski definition) is 0. The van der Waals surface area contributed by atoms with E-state index in [1.807, 2.05) is 0 Å². The number of rotatable bonds is 8. The molecule has 0 N–H and O–H groups in total. The number of halogens is 25. The molecular weight excluding hydrogens is 1970 g/mol. The van der Waals surface area contributed by atoms with Crippen LogP contribution >= 0.6 is 8.58 Å². The van der Waals surface area contributed by atoms with E-state index in [2.05, 4.69) is 0 Å². The number of aliphatic imine (C=N–C) groups is 4. The van der Waals surface area contributed by atoms with E-state index in [0.717, 1.165) is 146 Å². The summed E-state index contributed by atoms with van der Waals surface area (Å²) in [5, 5.41) is 1.96. The molecule has 8 nitrogen and oxygen atoms in total. The van der Waals surface area contributed by atoms with Crippen molar-refractivity contribution in [2.75, 3.05) is 0 Å². The molecule has 6 heterocycles. The van der Waals surface area contributed by atoms with Gasteiger partial charge in [-0.1, -0.05) is 0 Å². The Morgan fingerprint density at radius 1 is 0.181 bits per heavy atom. The standard InChI is InChI=1S/C104H48F24N8.ClH.In/c105-97(106,107)65-17-1-9-49(25-65)73-33-57-41-81-82(42-58(57)34-74(73)50-10-2-18-66(26-50)98(108,109)110)90-129-89(81)133-91-83-43-59-35-75(51-11-3-19-67(27-51)99(111,112)113)76(52-12-4-20-68(28-52)100(114,115)116)36-60(59)44-84(83)93(130-91)135-95-87-47-63-39-79(55-15-7-23-71(31-55)103(123,124)125)80(56-16-8-24-72(32-56)104(126,127)128)40-64(63)48-88(87)96(132-95)136-94-86-46-62-38-78(54-14-6-22-70(30-54)102(120,121)122)77(37-61(62)45-85(86)92(131-94)134-90)53-13-5-21-69(29-53)101(117,118)119;;/h1-48H;1H;/q-2;;+3/p-1. The van der Waals surface area contributed by atoms with Crippen LogP contribution in [0.2, 0.25) is 0 Å². The van der Waals surface area contributed by atoms with Crippen LogP contribution < -0.4 is 11.0 Å². The van der Waals surface area contributed by atoms with Gasteiger partial charge in [0.05, 0.1) is 0 Å². The number of fused-ring (bicyclic) bond motifs is 18. The molecule has 2 aromatic heterocycles. The Labute approximate surface area is 772 Å². The molecule has 4 aliphatic heterocycles. The SMILES string of the molecule is FC(F)(F)c1cccc(-c2cc3cc4c(cc3cc2-c2cccc(C(F)(F)F)c2)C2=Nc3c5cc6cc(-c7cccc(C(F)(F)F)c7)c(-c7cccc(C(F)(F)F)c7)cc6cc5c5[n]3[In]([Cl])[n]3c(c6cc7cc(-c8cccc(C(F)(F)F)c8)c(-c8cccc(C(F)(F)F)c8)cc7cc6c3=NC3=NC(=N5)c5cc6cc(-c7cccc(C(F)(F)F)c7)c(-c7cccc(C(F)(F)F)c7)cc6cc53)=NC4=N2)c1. The van der Waals surface area contributed by atoms with Gasteiger partial charge in [-0.05, 0) is 24.3 Å². The second-order valence-electron chi connectivity index (χ2n) is 33.5. The van der Waals surface area contributed by atoms with E-state index in [9.17, 15) is 105 Å². The molecule has 34 heteroatoms. The Morgan fingerprint density at radius 3 is 0.536 bits per heavy atom. The fourth-order valence-electron chi connectivity index (χ4n) is 18.6. The zero-order chi connectivity index (χ0) is 96.6. The number of hydrogen-bond acceptors (Lipinski definition) is 6. The third kappa shape index (κ3) is 15.5. The third-order valence-corrected chi connectivity index (χ3v) is 32.8. The fourth-order valence-corrected chi connectivity index (χ4v) is 26.3. The monoisotopic (exact) mass is 2010 g/mol. The first-order chi connectivity index (χ1) is 65.2. The van der Waals surface area contributed by atoms with E-state index in [1.54, 1.807) is 53.6 Å². The number of aromatic nitrogens is 2. The molecule has 138 heavy (non-hydrogen) atoms. The molecule has 0 saturated carbocycles. The molecule has 0 unspecified atom stereocenters. The van der Waals surface area contributed by atoms with Gasteiger partial charge in [-0.15, -0.1) is 0 Å². The number of nitrogens with zero attached hydrogens (tertiary/aromatic N) is 8. The minimum atomic E-state index is -5.44. The zero-order valence-electron chi connectivity index (χ0n) is 69.3. The van der Waals surface area contributed by atoms with Crippen LogP contribution in [-0.2, 0) is 49.4 Å². The zero-order valence-corrected chi connectivity index (χ0v) is 73.4. The topological polar surface area (TPSA) is 84.0 Å². The summed E-state index contributed by atoms with van der Waals surface area (Å²) in [5.74, 6) is -1.04. The van der Waals surface area contributed by atoms with E-state index >= 15 is 0 Å². The number of amidine groups is 4. The number of alkyl halides is 24. The second-order valence-corrected chi connectivity index (χ2v) is 40.8. The van der Waals surface area contributed by atoms with Crippen LogP contribution in [0.15, 0.2) is 321 Å². The van der Waals surface area contributed by atoms with Crippen molar-refractivity contribution in [3.8, 4) is 89.0 Å². The summed E-state index contributed by atoms with van der Waals surface area (Å²) in [6.07, 6.45) is -39.6. The van der Waals surface area contributed by atoms with Crippen molar-refractivity contribution in [3.05, 3.63) is 369 Å². The third-order valence-electron chi connectivity index (χ3n) is 25.0. The van der Waals surface area contributed by atoms with Gasteiger partial charge in [-0.25, -0.2) is 0 Å². The van der Waals surface area contributed by atoms with Crippen LogP contribution in [0.1, 0.15) is 66.8 Å². The molecule has 0 spiro atoms. The van der Waals surface area contributed by atoms with Crippen molar-refractivity contribution in [3.63, 3.8) is 0 Å². The predicted octanol–water partition coefficient (Wildman–Crippen LogP) is 31.3. The van der Waals surface area contributed by atoms with Crippen molar-refractivity contribution in [2.24, 2.45) is 30.0 Å². The molecule has 0 saturated heterocycles. The molecule has 682 valence electrons. The summed E-state index contributed by atoms with van der Waals surface area (Å²) in [4.78, 5) is 32.3. The molecule has 16 aromatic carbocycles. The average Bonchev–Trinajstić information content (AvgIpc) is 1.54. The molecular formula is C104H48ClF24InN8. The van der Waals surface area contributed by atoms with Crippen LogP contribution in [0.4, 0.5) is 117 Å². The normalized spacial score (nSPS) is 14.1. The quantitative estimate of drug-likeness (QED) is 0.136. The maximum absolute atomic E-state index is 15.0. The molecule has 18 aromatic rings. The molecule has 6 bridgehead atoms. The van der Waals surface area contributed by atoms with E-state index < -0.39 is 115 Å². The van der Waals surface area contributed by atoms with Gasteiger partial charge in [-0.2, -0.15) is 52.7 Å². The summed E-state index contributed by atoms with van der Waals surface area (Å²) in [6.45, 7) is 0. The van der Waals surface area contributed by atoms with Crippen molar-refractivity contribution >= 4 is 129 Å². The summed E-state index contributed by atoms with van der Waals surface area (Å²) in [7, 11) is 8.70. The molecule has 0 fully saturated rings. The summed E-state index contributed by atoms with van der Waals surface area (Å²) < 4.78 is 361. The molecule has 0 atom stereocenters. The van der Waals surface area contributed by atoms with Gasteiger partial charge in [0.1, 0.15) is 0 Å². The molecule has 4 aliphatic rings. The fraction of sp³-hybridized carbons (Fsp3) is 0.0769. The Bertz CT molecular complexity index is 8190. The molecule has 0 amide bonds. The van der Waals surface area contributed by atoms with Gasteiger partial charge in [-0.3, -0.25) is 0 Å². The van der Waals surface area contributed by atoms with E-state index in [1.165, 1.54) is 97.1 Å². The van der Waals surface area contributed by atoms with Gasteiger partial charge < -0.3 is 0 Å². The van der Waals surface area contributed by atoms with Gasteiger partial charge in [0, 0.05) is 0 Å². The van der Waals surface area contributed by atoms with Crippen molar-refractivity contribution in [2.45, 2.75) is 49.4 Å². The molecule has 0 radical (unpaired) electrons. The van der Waals surface area contributed by atoms with Crippen molar-refractivity contribution in [1.29, 1.82) is 0 Å². The maximum atomic E-state index is 15.0. The van der Waals surface area contributed by atoms with Gasteiger partial charge in [0.2, 0.25) is 0 Å². The first-order valence-corrected chi connectivity index (χ1v) is 48.8. The second kappa shape index (κ2) is 31.2. The van der Waals surface area contributed by atoms with E-state index in [0.29, 0.717) is 0 Å². The van der Waals surface area contributed by atoms with Crippen molar-refractivity contribution in [1.82, 2.24) is 5.11 Å². The summed E-state index contributed by atoms with van der Waals surface area (Å²) >= 11 is -5.44. The van der Waals surface area contributed by atoms with Crippen molar-refractivity contribution < 1.29 is 105 Å². The average molecular weight is 2020 g/mol. The minimum absolute atomic E-state index is 0.00284. The van der Waals surface area contributed by atoms with Crippen LogP contribution in [0, 0.1) is 0 Å². The van der Waals surface area contributed by atoms with Gasteiger partial charge in [0.15, 0.2) is 0 Å². The van der Waals surface area contributed by atoms with Gasteiger partial charge in [0.25, 0.3) is 0 Å². The first kappa shape index (κ1) is 88.7. The first-order valence-electron chi connectivity index (χ1n) is 41.7. The van der Waals surface area contributed by atoms with Gasteiger partial charge >= 0.3 is 700 Å². The summed E-state index contributed by atoms with van der Waals surface area (Å²) in [5.41, 5.74) is -9.76. The molecule has 22 rings (SSSR count). The predicted molar refractivity (Wildman–Crippen MR) is 480 cm³/mol. The Balaban J connectivity index is 0.894. The van der Waals surface area contributed by atoms with Crippen LogP contribution in [0.5, 0.6) is 0 Å². The summed E-state index contributed by atoms with van der Waals surface area (Å²) in [6, 6.07) is 56.7. The molecule has 0 aliphatic carbocycles. The number of benzene rings is 16. The van der Waals surface area contributed by atoms with E-state index in [-0.39, 0.29) is 222 Å².